The van der Waals surface area contributed by atoms with Crippen LogP contribution in [0.15, 0.2) is 72.9 Å². The molecule has 0 saturated carbocycles. The van der Waals surface area contributed by atoms with E-state index in [1.807, 2.05) is 0 Å². The Morgan fingerprint density at radius 2 is 0.765 bits per heavy atom. The van der Waals surface area contributed by atoms with Crippen molar-refractivity contribution < 1.29 is 0 Å². The first kappa shape index (κ1) is 10.8. The fourth-order valence-corrected chi connectivity index (χ4v) is 4.36. The van der Waals surface area contributed by atoms with Gasteiger partial charge >= 0.3 is 0 Å². The van der Waals surface area contributed by atoms with Crippen LogP contribution in [0.3, 0.4) is 0 Å². The second-order valence-electron chi connectivity index (χ2n) is 5.25. The molecule has 3 rings (SSSR count). The SMILES string of the molecule is [SiH3]C(C1C=CC=C1)(C1C=CC=C1)C1C=CC=C1. The Bertz CT molecular complexity index is 368. The predicted octanol–water partition coefficient (Wildman–Crippen LogP) is 2.74. The van der Waals surface area contributed by atoms with Gasteiger partial charge in [0.25, 0.3) is 0 Å². The van der Waals surface area contributed by atoms with E-state index in [-0.39, 0.29) is 0 Å². The molecule has 0 aromatic heterocycles. The quantitative estimate of drug-likeness (QED) is 0.663. The van der Waals surface area contributed by atoms with Gasteiger partial charge in [0.1, 0.15) is 0 Å². The Morgan fingerprint density at radius 1 is 0.529 bits per heavy atom. The highest BCUT2D eigenvalue weighted by molar-refractivity contribution is 6.17. The number of rotatable bonds is 3. The molecular formula is C16H18Si. The van der Waals surface area contributed by atoms with Crippen molar-refractivity contribution in [2.45, 2.75) is 5.04 Å². The van der Waals surface area contributed by atoms with Crippen LogP contribution in [0.1, 0.15) is 0 Å². The molecule has 0 N–H and O–H groups in total. The second-order valence-corrected chi connectivity index (χ2v) is 6.98. The highest BCUT2D eigenvalue weighted by Crippen LogP contribution is 2.53. The summed E-state index contributed by atoms with van der Waals surface area (Å²) in [6.07, 6.45) is 27.4. The summed E-state index contributed by atoms with van der Waals surface area (Å²) in [7, 11) is 1.19. The first-order valence-electron chi connectivity index (χ1n) is 6.37. The molecule has 0 saturated heterocycles. The van der Waals surface area contributed by atoms with Gasteiger partial charge in [0.2, 0.25) is 0 Å². The van der Waals surface area contributed by atoms with Gasteiger partial charge in [-0.1, -0.05) is 72.9 Å². The zero-order valence-corrected chi connectivity index (χ0v) is 12.2. The maximum atomic E-state index is 2.37. The van der Waals surface area contributed by atoms with Crippen molar-refractivity contribution in [2.24, 2.45) is 17.8 Å². The van der Waals surface area contributed by atoms with E-state index in [9.17, 15) is 0 Å². The smallest absolute Gasteiger partial charge is 0.0141 e. The summed E-state index contributed by atoms with van der Waals surface area (Å²) in [5, 5.41) is 0.358. The Morgan fingerprint density at radius 3 is 1.00 bits per heavy atom. The molecule has 0 nitrogen and oxygen atoms in total. The summed E-state index contributed by atoms with van der Waals surface area (Å²) in [5.74, 6) is 1.76. The summed E-state index contributed by atoms with van der Waals surface area (Å²) in [4.78, 5) is 0. The highest BCUT2D eigenvalue weighted by atomic mass is 28.1. The van der Waals surface area contributed by atoms with Gasteiger partial charge < -0.3 is 0 Å². The van der Waals surface area contributed by atoms with Crippen LogP contribution in [0.4, 0.5) is 0 Å². The molecule has 0 spiro atoms. The van der Waals surface area contributed by atoms with Gasteiger partial charge in [-0.05, 0) is 22.8 Å². The Hall–Kier alpha value is -1.34. The molecule has 0 aromatic carbocycles. The molecule has 3 aliphatic carbocycles. The molecule has 86 valence electrons. The molecule has 0 amide bonds. The first-order chi connectivity index (χ1) is 8.32. The monoisotopic (exact) mass is 238 g/mol. The minimum absolute atomic E-state index is 0.358. The van der Waals surface area contributed by atoms with Gasteiger partial charge in [-0.2, -0.15) is 0 Å². The topological polar surface area (TPSA) is 0 Å². The van der Waals surface area contributed by atoms with Crippen molar-refractivity contribution in [1.82, 2.24) is 0 Å². The first-order valence-corrected chi connectivity index (χ1v) is 7.37. The summed E-state index contributed by atoms with van der Waals surface area (Å²) in [5.41, 5.74) is 0. The number of allylic oxidation sites excluding steroid dienone is 12. The van der Waals surface area contributed by atoms with Gasteiger partial charge in [0.15, 0.2) is 0 Å². The van der Waals surface area contributed by atoms with Crippen LogP contribution in [0, 0.1) is 17.8 Å². The highest BCUT2D eigenvalue weighted by Gasteiger charge is 2.42. The van der Waals surface area contributed by atoms with Crippen molar-refractivity contribution in [3.05, 3.63) is 72.9 Å². The van der Waals surface area contributed by atoms with Crippen LogP contribution in [-0.4, -0.2) is 10.2 Å². The molecule has 0 aromatic rings. The Labute approximate surface area is 106 Å². The minimum atomic E-state index is 0.358. The largest absolute Gasteiger partial charge is 0.0773 e. The van der Waals surface area contributed by atoms with Crippen molar-refractivity contribution in [3.8, 4) is 0 Å². The van der Waals surface area contributed by atoms with E-state index in [1.165, 1.54) is 10.2 Å². The van der Waals surface area contributed by atoms with E-state index in [1.54, 1.807) is 0 Å². The standard InChI is InChI=1S/C16H18Si/c17-16(13-7-1-2-8-13,14-9-3-4-10-14)15-11-5-6-12-15/h1-15H,17H3. The van der Waals surface area contributed by atoms with E-state index < -0.39 is 0 Å². The van der Waals surface area contributed by atoms with E-state index in [0.717, 1.165) is 0 Å². The van der Waals surface area contributed by atoms with Gasteiger partial charge in [-0.25, -0.2) is 0 Å². The molecule has 0 radical (unpaired) electrons. The normalized spacial score (nSPS) is 24.0. The average molecular weight is 238 g/mol. The number of hydrogen-bond donors (Lipinski definition) is 0. The molecule has 0 unspecified atom stereocenters. The van der Waals surface area contributed by atoms with Crippen molar-refractivity contribution >= 4 is 10.2 Å². The summed E-state index contributed by atoms with van der Waals surface area (Å²) < 4.78 is 0. The lowest BCUT2D eigenvalue weighted by Crippen LogP contribution is -2.33. The Balaban J connectivity index is 1.99. The van der Waals surface area contributed by atoms with Crippen LogP contribution in [0.25, 0.3) is 0 Å². The fraction of sp³-hybridized carbons (Fsp3) is 0.250. The van der Waals surface area contributed by atoms with E-state index in [4.69, 9.17) is 0 Å². The van der Waals surface area contributed by atoms with Gasteiger partial charge in [0.05, 0.1) is 0 Å². The van der Waals surface area contributed by atoms with Crippen molar-refractivity contribution in [1.29, 1.82) is 0 Å². The van der Waals surface area contributed by atoms with Crippen molar-refractivity contribution in [2.75, 3.05) is 0 Å². The Kier molecular flexibility index (Phi) is 2.64. The van der Waals surface area contributed by atoms with Gasteiger partial charge in [-0.15, -0.1) is 0 Å². The molecule has 0 heterocycles. The van der Waals surface area contributed by atoms with Crippen LogP contribution >= 0.6 is 0 Å². The van der Waals surface area contributed by atoms with Crippen LogP contribution in [-0.2, 0) is 0 Å². The average Bonchev–Trinajstić information content (AvgIpc) is 3.10. The summed E-state index contributed by atoms with van der Waals surface area (Å²) in [6, 6.07) is 0. The molecule has 0 fully saturated rings. The number of hydrogen-bond acceptors (Lipinski definition) is 0. The lowest BCUT2D eigenvalue weighted by Gasteiger charge is -2.42. The molecule has 1 heteroatoms. The summed E-state index contributed by atoms with van der Waals surface area (Å²) >= 11 is 0. The molecule has 17 heavy (non-hydrogen) atoms. The zero-order chi connectivity index (χ0) is 11.7. The molecule has 3 aliphatic rings. The second kappa shape index (κ2) is 4.15. The third-order valence-electron chi connectivity index (χ3n) is 4.40. The van der Waals surface area contributed by atoms with Crippen LogP contribution in [0.2, 0.25) is 5.04 Å². The zero-order valence-electron chi connectivity index (χ0n) is 10.2. The minimum Gasteiger partial charge on any atom is -0.0773 e. The maximum Gasteiger partial charge on any atom is 0.0141 e. The lowest BCUT2D eigenvalue weighted by molar-refractivity contribution is 0.370. The van der Waals surface area contributed by atoms with Gasteiger partial charge in [-0.3, -0.25) is 0 Å². The lowest BCUT2D eigenvalue weighted by atomic mass is 9.73. The van der Waals surface area contributed by atoms with Crippen molar-refractivity contribution in [3.63, 3.8) is 0 Å². The maximum absolute atomic E-state index is 2.37. The van der Waals surface area contributed by atoms with Gasteiger partial charge in [0, 0.05) is 10.2 Å². The molecule has 0 bridgehead atoms. The van der Waals surface area contributed by atoms with Crippen LogP contribution < -0.4 is 0 Å². The van der Waals surface area contributed by atoms with Crippen LogP contribution in [0.5, 0.6) is 0 Å². The molecular weight excluding hydrogens is 220 g/mol. The third kappa shape index (κ3) is 1.66. The van der Waals surface area contributed by atoms with E-state index >= 15 is 0 Å². The predicted molar refractivity (Wildman–Crippen MR) is 77.9 cm³/mol. The molecule has 0 atom stereocenters. The fourth-order valence-electron chi connectivity index (χ4n) is 3.21. The summed E-state index contributed by atoms with van der Waals surface area (Å²) in [6.45, 7) is 0. The van der Waals surface area contributed by atoms with E-state index in [0.29, 0.717) is 22.8 Å². The van der Waals surface area contributed by atoms with E-state index in [2.05, 4.69) is 72.9 Å². The third-order valence-corrected chi connectivity index (χ3v) is 6.40. The molecule has 0 aliphatic heterocycles.